The van der Waals surface area contributed by atoms with E-state index in [9.17, 15) is 4.79 Å². The molecule has 1 rings (SSSR count). The summed E-state index contributed by atoms with van der Waals surface area (Å²) in [5.74, 6) is -0.182. The van der Waals surface area contributed by atoms with Gasteiger partial charge in [0.05, 0.1) is 12.8 Å². The summed E-state index contributed by atoms with van der Waals surface area (Å²) in [6.45, 7) is 3.95. The average Bonchev–Trinajstić information content (AvgIpc) is 2.46. The Labute approximate surface area is 81.3 Å². The summed E-state index contributed by atoms with van der Waals surface area (Å²) >= 11 is 4.89. The van der Waals surface area contributed by atoms with Crippen LogP contribution in [0.25, 0.3) is 0 Å². The topological polar surface area (TPSA) is 57.9 Å². The van der Waals surface area contributed by atoms with E-state index >= 15 is 0 Å². The fourth-order valence-electron chi connectivity index (χ4n) is 1.09. The molecule has 0 amide bonds. The van der Waals surface area contributed by atoms with Gasteiger partial charge in [0.25, 0.3) is 0 Å². The van der Waals surface area contributed by atoms with Gasteiger partial charge in [0.1, 0.15) is 5.69 Å². The predicted molar refractivity (Wildman–Crippen MR) is 51.4 cm³/mol. The molecule has 0 saturated carbocycles. The van der Waals surface area contributed by atoms with Crippen LogP contribution < -0.4 is 0 Å². The molecule has 0 aromatic carbocycles. The molecule has 0 aliphatic carbocycles. The van der Waals surface area contributed by atoms with Crippen molar-refractivity contribution in [3.63, 3.8) is 0 Å². The average molecular weight is 200 g/mol. The number of hydrogen-bond donors (Lipinski definition) is 2. The Hall–Kier alpha value is -1.10. The largest absolute Gasteiger partial charge is 0.464 e. The number of carbonyl (C=O) groups excluding carboxylic acids is 1. The molecule has 2 N–H and O–H groups in total. The van der Waals surface area contributed by atoms with Crippen LogP contribution >= 0.6 is 12.2 Å². The number of imidazole rings is 1. The van der Waals surface area contributed by atoms with E-state index in [1.807, 2.05) is 13.8 Å². The third-order valence-corrected chi connectivity index (χ3v) is 1.93. The number of H-pyrrole nitrogens is 2. The molecule has 1 aromatic rings. The standard InChI is InChI=1S/C8H12N2O2S/c1-4(2)5-6(7(11)12-3)10-8(13)9-5/h4H,1-3H3,(H2,9,10,13). The Balaban J connectivity index is 3.19. The van der Waals surface area contributed by atoms with Gasteiger partial charge in [-0.1, -0.05) is 13.8 Å². The number of methoxy groups -OCH3 is 1. The van der Waals surface area contributed by atoms with Crippen LogP contribution in [0.1, 0.15) is 35.9 Å². The van der Waals surface area contributed by atoms with Gasteiger partial charge in [-0.25, -0.2) is 4.79 Å². The lowest BCUT2D eigenvalue weighted by molar-refractivity contribution is 0.0593. The number of hydrogen-bond acceptors (Lipinski definition) is 3. The zero-order valence-electron chi connectivity index (χ0n) is 7.80. The molecule has 1 aromatic heterocycles. The van der Waals surface area contributed by atoms with Crippen molar-refractivity contribution in [1.29, 1.82) is 0 Å². The van der Waals surface area contributed by atoms with Crippen LogP contribution in [0.3, 0.4) is 0 Å². The molecule has 13 heavy (non-hydrogen) atoms. The lowest BCUT2D eigenvalue weighted by Gasteiger charge is -2.03. The van der Waals surface area contributed by atoms with Gasteiger partial charge in [-0.3, -0.25) is 0 Å². The molecule has 0 spiro atoms. The third-order valence-electron chi connectivity index (χ3n) is 1.72. The third kappa shape index (κ3) is 1.98. The quantitative estimate of drug-likeness (QED) is 0.567. The Morgan fingerprint density at radius 1 is 1.46 bits per heavy atom. The number of rotatable bonds is 2. The molecular formula is C8H12N2O2S. The second-order valence-corrected chi connectivity index (χ2v) is 3.42. The maximum Gasteiger partial charge on any atom is 0.356 e. The van der Waals surface area contributed by atoms with Gasteiger partial charge in [0.2, 0.25) is 0 Å². The van der Waals surface area contributed by atoms with Crippen LogP contribution in [0.15, 0.2) is 0 Å². The maximum atomic E-state index is 11.2. The van der Waals surface area contributed by atoms with E-state index in [2.05, 4.69) is 14.7 Å². The molecular weight excluding hydrogens is 188 g/mol. The van der Waals surface area contributed by atoms with E-state index in [4.69, 9.17) is 12.2 Å². The molecule has 0 aliphatic rings. The summed E-state index contributed by atoms with van der Waals surface area (Å²) in [6.07, 6.45) is 0. The van der Waals surface area contributed by atoms with E-state index in [-0.39, 0.29) is 5.92 Å². The van der Waals surface area contributed by atoms with Crippen molar-refractivity contribution in [3.8, 4) is 0 Å². The molecule has 4 nitrogen and oxygen atoms in total. The SMILES string of the molecule is COC(=O)c1[nH]c(=S)[nH]c1C(C)C. The van der Waals surface area contributed by atoms with Crippen LogP contribution in [0.4, 0.5) is 0 Å². The van der Waals surface area contributed by atoms with Crippen LogP contribution in [-0.2, 0) is 4.74 Å². The number of aromatic amines is 2. The molecule has 0 fully saturated rings. The van der Waals surface area contributed by atoms with Crippen molar-refractivity contribution in [3.05, 3.63) is 16.2 Å². The highest BCUT2D eigenvalue weighted by Crippen LogP contribution is 2.16. The van der Waals surface area contributed by atoms with Crippen molar-refractivity contribution in [1.82, 2.24) is 9.97 Å². The van der Waals surface area contributed by atoms with E-state index in [1.165, 1.54) is 7.11 Å². The van der Waals surface area contributed by atoms with Crippen molar-refractivity contribution in [2.45, 2.75) is 19.8 Å². The summed E-state index contributed by atoms with van der Waals surface area (Å²) in [6, 6.07) is 0. The van der Waals surface area contributed by atoms with Gasteiger partial charge >= 0.3 is 5.97 Å². The molecule has 0 unspecified atom stereocenters. The van der Waals surface area contributed by atoms with E-state index in [0.29, 0.717) is 10.5 Å². The van der Waals surface area contributed by atoms with Gasteiger partial charge in [0, 0.05) is 0 Å². The summed E-state index contributed by atoms with van der Waals surface area (Å²) in [7, 11) is 1.34. The number of carbonyl (C=O) groups is 1. The second kappa shape index (κ2) is 3.74. The summed E-state index contributed by atoms with van der Waals surface area (Å²) in [5.41, 5.74) is 1.21. The second-order valence-electron chi connectivity index (χ2n) is 3.01. The number of ether oxygens (including phenoxy) is 1. The molecule has 0 bridgehead atoms. The minimum absolute atomic E-state index is 0.210. The van der Waals surface area contributed by atoms with E-state index in [1.54, 1.807) is 0 Å². The lowest BCUT2D eigenvalue weighted by atomic mass is 10.1. The smallest absolute Gasteiger partial charge is 0.356 e. The first-order valence-electron chi connectivity index (χ1n) is 3.96. The molecule has 0 aliphatic heterocycles. The highest BCUT2D eigenvalue weighted by Gasteiger charge is 2.16. The van der Waals surface area contributed by atoms with Crippen LogP contribution in [-0.4, -0.2) is 23.0 Å². The predicted octanol–water partition coefficient (Wildman–Crippen LogP) is 1.98. The fourth-order valence-corrected chi connectivity index (χ4v) is 1.31. The molecule has 0 atom stereocenters. The Bertz CT molecular complexity index is 364. The van der Waals surface area contributed by atoms with Gasteiger partial charge < -0.3 is 14.7 Å². The molecule has 0 saturated heterocycles. The zero-order chi connectivity index (χ0) is 10.0. The molecule has 5 heteroatoms. The molecule has 72 valence electrons. The van der Waals surface area contributed by atoms with Crippen LogP contribution in [0.2, 0.25) is 0 Å². The lowest BCUT2D eigenvalue weighted by Crippen LogP contribution is -2.06. The molecule has 0 radical (unpaired) electrons. The number of aromatic nitrogens is 2. The highest BCUT2D eigenvalue weighted by molar-refractivity contribution is 7.71. The van der Waals surface area contributed by atoms with Gasteiger partial charge in [-0.15, -0.1) is 0 Å². The van der Waals surface area contributed by atoms with Crippen molar-refractivity contribution in [2.24, 2.45) is 0 Å². The maximum absolute atomic E-state index is 11.2. The van der Waals surface area contributed by atoms with Crippen LogP contribution in [0.5, 0.6) is 0 Å². The number of nitrogens with one attached hydrogen (secondary N) is 2. The highest BCUT2D eigenvalue weighted by atomic mass is 32.1. The van der Waals surface area contributed by atoms with Crippen LogP contribution in [0, 0.1) is 4.77 Å². The normalized spacial score (nSPS) is 10.5. The Morgan fingerprint density at radius 3 is 2.54 bits per heavy atom. The summed E-state index contributed by atoms with van der Waals surface area (Å²) < 4.78 is 5.05. The van der Waals surface area contributed by atoms with E-state index < -0.39 is 5.97 Å². The Kier molecular flexibility index (Phi) is 2.87. The minimum atomic E-state index is -0.393. The Morgan fingerprint density at radius 2 is 2.08 bits per heavy atom. The first-order valence-corrected chi connectivity index (χ1v) is 4.37. The van der Waals surface area contributed by atoms with E-state index in [0.717, 1.165) is 5.69 Å². The van der Waals surface area contributed by atoms with Crippen molar-refractivity contribution in [2.75, 3.05) is 7.11 Å². The summed E-state index contributed by atoms with van der Waals surface area (Å²) in [4.78, 5) is 16.9. The number of esters is 1. The molecule has 1 heterocycles. The summed E-state index contributed by atoms with van der Waals surface area (Å²) in [5, 5.41) is 0. The first-order chi connectivity index (χ1) is 6.06. The first kappa shape index (κ1) is 9.98. The van der Waals surface area contributed by atoms with Crippen molar-refractivity contribution < 1.29 is 9.53 Å². The van der Waals surface area contributed by atoms with Crippen molar-refractivity contribution >= 4 is 18.2 Å². The van der Waals surface area contributed by atoms with Gasteiger partial charge in [-0.2, -0.15) is 0 Å². The van der Waals surface area contributed by atoms with Gasteiger partial charge in [-0.05, 0) is 18.1 Å². The van der Waals surface area contributed by atoms with Gasteiger partial charge in [0.15, 0.2) is 4.77 Å². The minimum Gasteiger partial charge on any atom is -0.464 e. The zero-order valence-corrected chi connectivity index (χ0v) is 8.62. The fraction of sp³-hybridized carbons (Fsp3) is 0.500. The monoisotopic (exact) mass is 200 g/mol.